The molecule has 5 nitrogen and oxygen atoms in total. The minimum absolute atomic E-state index is 0.0295. The van der Waals surface area contributed by atoms with Crippen LogP contribution in [-0.4, -0.2) is 37.0 Å². The first-order valence-corrected chi connectivity index (χ1v) is 4.10. The summed E-state index contributed by atoms with van der Waals surface area (Å²) in [6.45, 7) is 0.730. The summed E-state index contributed by atoms with van der Waals surface area (Å²) in [5.74, 6) is 0.0295. The lowest BCUT2D eigenvalue weighted by molar-refractivity contribution is 0.168. The van der Waals surface area contributed by atoms with Gasteiger partial charge in [-0.25, -0.2) is 4.79 Å². The lowest BCUT2D eigenvalue weighted by Crippen LogP contribution is -2.30. The van der Waals surface area contributed by atoms with Crippen LogP contribution in [0.3, 0.4) is 0 Å². The van der Waals surface area contributed by atoms with Crippen molar-refractivity contribution in [1.82, 2.24) is 10.2 Å². The van der Waals surface area contributed by atoms with Gasteiger partial charge < -0.3 is 10.1 Å². The largest absolute Gasteiger partial charge is 0.447 e. The van der Waals surface area contributed by atoms with Crippen LogP contribution in [0.4, 0.5) is 4.79 Å². The zero-order valence-electron chi connectivity index (χ0n) is 7.13. The van der Waals surface area contributed by atoms with Crippen molar-refractivity contribution in [2.75, 3.05) is 20.2 Å². The summed E-state index contributed by atoms with van der Waals surface area (Å²) < 4.78 is 4.66. The highest BCUT2D eigenvalue weighted by Gasteiger charge is 2.24. The maximum absolute atomic E-state index is 11.0. The molecule has 13 heavy (non-hydrogen) atoms. The van der Waals surface area contributed by atoms with Crippen LogP contribution in [0.5, 0.6) is 0 Å². The fourth-order valence-electron chi connectivity index (χ4n) is 0.882. The Morgan fingerprint density at radius 1 is 1.85 bits per heavy atom. The van der Waals surface area contributed by atoms with Crippen LogP contribution in [0.15, 0.2) is 11.2 Å². The summed E-state index contributed by atoms with van der Waals surface area (Å²) in [6.07, 6.45) is 0.857. The van der Waals surface area contributed by atoms with Crippen LogP contribution in [0, 0.1) is 5.41 Å². The molecule has 0 aromatic rings. The molecular weight excluding hydrogens is 194 g/mol. The number of amidine groups is 1. The number of amides is 1. The van der Waals surface area contributed by atoms with E-state index < -0.39 is 6.09 Å². The highest BCUT2D eigenvalue weighted by atomic mass is 35.5. The molecule has 1 rings (SSSR count). The van der Waals surface area contributed by atoms with Gasteiger partial charge in [0.05, 0.1) is 6.54 Å². The van der Waals surface area contributed by atoms with Gasteiger partial charge in [0.25, 0.3) is 0 Å². The Kier molecular flexibility index (Phi) is 3.13. The van der Waals surface area contributed by atoms with Crippen LogP contribution in [-0.2, 0) is 4.74 Å². The Morgan fingerprint density at radius 2 is 2.54 bits per heavy atom. The summed E-state index contributed by atoms with van der Waals surface area (Å²) in [5, 5.41) is 10.4. The molecule has 0 aromatic carbocycles. The van der Waals surface area contributed by atoms with E-state index in [-0.39, 0.29) is 5.84 Å². The highest BCUT2D eigenvalue weighted by Crippen LogP contribution is 2.06. The van der Waals surface area contributed by atoms with Gasteiger partial charge in [-0.15, -0.1) is 0 Å². The van der Waals surface area contributed by atoms with Crippen LogP contribution in [0.1, 0.15) is 0 Å². The van der Waals surface area contributed by atoms with Crippen molar-refractivity contribution in [3.63, 3.8) is 0 Å². The van der Waals surface area contributed by atoms with E-state index in [1.165, 1.54) is 11.0 Å². The summed E-state index contributed by atoms with van der Waals surface area (Å²) in [7, 11) is 1.63. The molecule has 0 radical (unpaired) electrons. The molecule has 1 fully saturated rings. The number of ether oxygens (including phenoxy) is 1. The molecular formula is C7H10ClN3O2. The second-order valence-electron chi connectivity index (χ2n) is 2.39. The maximum atomic E-state index is 11.0. The Labute approximate surface area is 80.8 Å². The number of rotatable bonds is 2. The first kappa shape index (κ1) is 9.85. The number of hydrogen-bond donors (Lipinski definition) is 2. The van der Waals surface area contributed by atoms with Gasteiger partial charge in [-0.1, -0.05) is 11.6 Å². The predicted molar refractivity (Wildman–Crippen MR) is 48.8 cm³/mol. The van der Waals surface area contributed by atoms with E-state index >= 15 is 0 Å². The fraction of sp³-hybridized carbons (Fsp3) is 0.429. The zero-order chi connectivity index (χ0) is 9.84. The molecule has 0 spiro atoms. The van der Waals surface area contributed by atoms with Gasteiger partial charge in [0.15, 0.2) is 0 Å². The van der Waals surface area contributed by atoms with Crippen LogP contribution < -0.4 is 5.32 Å². The van der Waals surface area contributed by atoms with Crippen molar-refractivity contribution in [2.45, 2.75) is 0 Å². The molecule has 0 bridgehead atoms. The Bertz CT molecular complexity index is 264. The molecule has 1 aliphatic rings. The second-order valence-corrected chi connectivity index (χ2v) is 2.80. The molecule has 1 saturated heterocycles. The SMILES string of the molecule is CN/C(Cl)=C\C(=N)N1CCOC1=O. The van der Waals surface area contributed by atoms with Crippen LogP contribution >= 0.6 is 11.6 Å². The quantitative estimate of drug-likeness (QED) is 0.395. The maximum Gasteiger partial charge on any atom is 0.415 e. The highest BCUT2D eigenvalue weighted by molar-refractivity contribution is 6.30. The van der Waals surface area contributed by atoms with Crippen LogP contribution in [0.2, 0.25) is 0 Å². The average molecular weight is 204 g/mol. The van der Waals surface area contributed by atoms with Crippen molar-refractivity contribution in [1.29, 1.82) is 5.41 Å². The van der Waals surface area contributed by atoms with E-state index in [9.17, 15) is 4.79 Å². The molecule has 72 valence electrons. The summed E-state index contributed by atoms with van der Waals surface area (Å²) in [5.41, 5.74) is 0. The van der Waals surface area contributed by atoms with Gasteiger partial charge in [0.1, 0.15) is 17.6 Å². The summed E-state index contributed by atoms with van der Waals surface area (Å²) in [6, 6.07) is 0. The minimum Gasteiger partial charge on any atom is -0.447 e. The molecule has 6 heteroatoms. The molecule has 0 saturated carbocycles. The standard InChI is InChI=1S/C7H10ClN3O2/c1-10-5(8)4-6(9)11-2-3-13-7(11)12/h4,9-10H,2-3H2,1H3/b5-4-,9-6?. The number of carbonyl (C=O) groups is 1. The Balaban J connectivity index is 2.62. The van der Waals surface area contributed by atoms with E-state index in [1.54, 1.807) is 7.05 Å². The fourth-order valence-corrected chi connectivity index (χ4v) is 0.986. The molecule has 1 amide bonds. The van der Waals surface area contributed by atoms with Crippen molar-refractivity contribution in [3.05, 3.63) is 11.2 Å². The first-order valence-electron chi connectivity index (χ1n) is 3.73. The van der Waals surface area contributed by atoms with Gasteiger partial charge in [-0.05, 0) is 0 Å². The number of carbonyl (C=O) groups excluding carboxylic acids is 1. The van der Waals surface area contributed by atoms with Gasteiger partial charge in [-0.2, -0.15) is 0 Å². The number of halogens is 1. The van der Waals surface area contributed by atoms with E-state index in [4.69, 9.17) is 17.0 Å². The lowest BCUT2D eigenvalue weighted by Gasteiger charge is -2.10. The van der Waals surface area contributed by atoms with E-state index in [0.29, 0.717) is 18.3 Å². The Morgan fingerprint density at radius 3 is 3.00 bits per heavy atom. The normalized spacial score (nSPS) is 17.2. The van der Waals surface area contributed by atoms with Gasteiger partial charge in [0.2, 0.25) is 0 Å². The van der Waals surface area contributed by atoms with Crippen molar-refractivity contribution >= 4 is 23.5 Å². The van der Waals surface area contributed by atoms with Gasteiger partial charge in [-0.3, -0.25) is 10.3 Å². The summed E-state index contributed by atoms with van der Waals surface area (Å²) in [4.78, 5) is 12.2. The van der Waals surface area contributed by atoms with Gasteiger partial charge in [0, 0.05) is 13.1 Å². The van der Waals surface area contributed by atoms with E-state index in [1.807, 2.05) is 0 Å². The number of nitrogens with zero attached hydrogens (tertiary/aromatic N) is 1. The van der Waals surface area contributed by atoms with E-state index in [0.717, 1.165) is 0 Å². The molecule has 0 aliphatic carbocycles. The van der Waals surface area contributed by atoms with Crippen LogP contribution in [0.25, 0.3) is 0 Å². The monoisotopic (exact) mass is 203 g/mol. The van der Waals surface area contributed by atoms with Crippen molar-refractivity contribution in [3.8, 4) is 0 Å². The smallest absolute Gasteiger partial charge is 0.415 e. The molecule has 0 aromatic heterocycles. The first-order chi connectivity index (χ1) is 6.15. The van der Waals surface area contributed by atoms with Crippen molar-refractivity contribution in [2.24, 2.45) is 0 Å². The lowest BCUT2D eigenvalue weighted by atomic mass is 10.4. The molecule has 1 aliphatic heterocycles. The topological polar surface area (TPSA) is 65.4 Å². The van der Waals surface area contributed by atoms with E-state index in [2.05, 4.69) is 10.1 Å². The number of nitrogens with one attached hydrogen (secondary N) is 2. The van der Waals surface area contributed by atoms with Crippen molar-refractivity contribution < 1.29 is 9.53 Å². The molecule has 0 atom stereocenters. The number of cyclic esters (lactones) is 1. The average Bonchev–Trinajstić information content (AvgIpc) is 2.51. The Hall–Kier alpha value is -1.23. The number of hydrogen-bond acceptors (Lipinski definition) is 4. The summed E-state index contributed by atoms with van der Waals surface area (Å²) >= 11 is 5.62. The third-order valence-electron chi connectivity index (χ3n) is 1.55. The predicted octanol–water partition coefficient (Wildman–Crippen LogP) is 0.715. The molecule has 1 heterocycles. The zero-order valence-corrected chi connectivity index (χ0v) is 7.89. The third kappa shape index (κ3) is 2.35. The third-order valence-corrected chi connectivity index (χ3v) is 1.85. The minimum atomic E-state index is -0.498. The van der Waals surface area contributed by atoms with Gasteiger partial charge >= 0.3 is 6.09 Å². The molecule has 2 N–H and O–H groups in total. The molecule has 0 unspecified atom stereocenters. The second kappa shape index (κ2) is 4.13.